The third-order valence-electron chi connectivity index (χ3n) is 6.30. The average Bonchev–Trinajstić information content (AvgIpc) is 3.35. The van der Waals surface area contributed by atoms with Crippen LogP contribution < -0.4 is 15.4 Å². The molecule has 1 atom stereocenters. The van der Waals surface area contributed by atoms with Crippen LogP contribution in [0.3, 0.4) is 0 Å². The Morgan fingerprint density at radius 3 is 2.76 bits per heavy atom. The van der Waals surface area contributed by atoms with Crippen LogP contribution in [0.5, 0.6) is 5.75 Å². The minimum atomic E-state index is -0.317. The number of rotatable bonds is 9. The number of aryl methyl sites for hydroxylation is 1. The van der Waals surface area contributed by atoms with Crippen molar-refractivity contribution >= 4 is 22.8 Å². The van der Waals surface area contributed by atoms with Crippen LogP contribution in [-0.2, 0) is 13.6 Å². The zero-order valence-corrected chi connectivity index (χ0v) is 19.6. The second-order valence-corrected chi connectivity index (χ2v) is 8.29. The molecule has 33 heavy (non-hydrogen) atoms. The number of imidazole rings is 1. The number of aromatic nitrogens is 2. The van der Waals surface area contributed by atoms with Crippen molar-refractivity contribution in [2.45, 2.75) is 32.4 Å². The molecule has 0 bridgehead atoms. The van der Waals surface area contributed by atoms with E-state index in [2.05, 4.69) is 10.6 Å². The summed E-state index contributed by atoms with van der Waals surface area (Å²) in [6.45, 7) is 3.93. The number of fused-ring (bicyclic) bond motifs is 2. The molecule has 1 aliphatic heterocycles. The average molecular weight is 450 g/mol. The predicted octanol–water partition coefficient (Wildman–Crippen LogP) is 3.03. The first-order valence-electron chi connectivity index (χ1n) is 11.4. The Morgan fingerprint density at radius 2 is 2.03 bits per heavy atom. The Balaban J connectivity index is 1.69. The lowest BCUT2D eigenvalue weighted by Gasteiger charge is -2.19. The molecule has 3 aromatic rings. The van der Waals surface area contributed by atoms with E-state index in [-0.39, 0.29) is 17.9 Å². The molecule has 0 saturated heterocycles. The van der Waals surface area contributed by atoms with Gasteiger partial charge in [-0.25, -0.2) is 4.98 Å². The molecule has 0 fully saturated rings. The van der Waals surface area contributed by atoms with Crippen molar-refractivity contribution in [2.75, 3.05) is 27.2 Å². The van der Waals surface area contributed by atoms with Crippen molar-refractivity contribution < 1.29 is 14.3 Å². The molecular formula is C25H31N5O3. The third kappa shape index (κ3) is 4.18. The van der Waals surface area contributed by atoms with Crippen LogP contribution in [0, 0.1) is 0 Å². The second-order valence-electron chi connectivity index (χ2n) is 8.29. The van der Waals surface area contributed by atoms with Gasteiger partial charge in [-0.1, -0.05) is 18.2 Å². The summed E-state index contributed by atoms with van der Waals surface area (Å²) in [5, 5.41) is 6.33. The Morgan fingerprint density at radius 1 is 1.24 bits per heavy atom. The van der Waals surface area contributed by atoms with Gasteiger partial charge in [-0.15, -0.1) is 0 Å². The SMILES string of the molecule is CCN1Cc2cccc(C(=O)NC(CCCNC)c3nc4c(OC)cccc4n3C)c2C1=O. The number of methoxy groups -OCH3 is 1. The summed E-state index contributed by atoms with van der Waals surface area (Å²) in [7, 11) is 5.48. The molecule has 1 aliphatic rings. The van der Waals surface area contributed by atoms with E-state index in [0.717, 1.165) is 35.4 Å². The van der Waals surface area contributed by atoms with Gasteiger partial charge in [-0.05, 0) is 57.1 Å². The van der Waals surface area contributed by atoms with Crippen LogP contribution >= 0.6 is 0 Å². The molecule has 2 heterocycles. The Bertz CT molecular complexity index is 1190. The highest BCUT2D eigenvalue weighted by Crippen LogP contribution is 2.30. The minimum absolute atomic E-state index is 0.0857. The lowest BCUT2D eigenvalue weighted by Crippen LogP contribution is -2.32. The number of para-hydroxylation sites is 1. The van der Waals surface area contributed by atoms with Crippen molar-refractivity contribution in [3.05, 3.63) is 58.9 Å². The number of benzene rings is 2. The molecule has 0 saturated carbocycles. The quantitative estimate of drug-likeness (QED) is 0.490. The monoisotopic (exact) mass is 449 g/mol. The molecule has 0 aliphatic carbocycles. The first kappa shape index (κ1) is 22.8. The van der Waals surface area contributed by atoms with Crippen LogP contribution in [0.25, 0.3) is 11.0 Å². The Kier molecular flexibility index (Phi) is 6.65. The van der Waals surface area contributed by atoms with Gasteiger partial charge < -0.3 is 24.8 Å². The topological polar surface area (TPSA) is 88.5 Å². The van der Waals surface area contributed by atoms with Crippen molar-refractivity contribution in [1.82, 2.24) is 25.1 Å². The maximum Gasteiger partial charge on any atom is 0.255 e. The molecule has 1 aromatic heterocycles. The molecule has 2 N–H and O–H groups in total. The fourth-order valence-corrected chi connectivity index (χ4v) is 4.53. The highest BCUT2D eigenvalue weighted by molar-refractivity contribution is 6.09. The van der Waals surface area contributed by atoms with E-state index in [1.54, 1.807) is 18.1 Å². The molecule has 174 valence electrons. The maximum absolute atomic E-state index is 13.5. The van der Waals surface area contributed by atoms with E-state index >= 15 is 0 Å². The number of ether oxygens (including phenoxy) is 1. The van der Waals surface area contributed by atoms with Gasteiger partial charge >= 0.3 is 0 Å². The highest BCUT2D eigenvalue weighted by atomic mass is 16.5. The predicted molar refractivity (Wildman–Crippen MR) is 127 cm³/mol. The van der Waals surface area contributed by atoms with E-state index in [1.807, 2.05) is 55.9 Å². The summed E-state index contributed by atoms with van der Waals surface area (Å²) >= 11 is 0. The largest absolute Gasteiger partial charge is 0.494 e. The number of nitrogens with zero attached hydrogens (tertiary/aromatic N) is 3. The van der Waals surface area contributed by atoms with E-state index in [1.165, 1.54) is 0 Å². The molecule has 2 amide bonds. The fraction of sp³-hybridized carbons (Fsp3) is 0.400. The van der Waals surface area contributed by atoms with Crippen molar-refractivity contribution in [3.8, 4) is 5.75 Å². The lowest BCUT2D eigenvalue weighted by molar-refractivity contribution is 0.0780. The van der Waals surface area contributed by atoms with Gasteiger partial charge in [-0.3, -0.25) is 9.59 Å². The molecule has 2 aromatic carbocycles. The zero-order chi connectivity index (χ0) is 23.5. The number of carbonyl (C=O) groups is 2. The van der Waals surface area contributed by atoms with Crippen LogP contribution in [-0.4, -0.2) is 53.5 Å². The van der Waals surface area contributed by atoms with E-state index in [4.69, 9.17) is 9.72 Å². The van der Waals surface area contributed by atoms with Gasteiger partial charge in [0, 0.05) is 20.1 Å². The molecular weight excluding hydrogens is 418 g/mol. The molecule has 1 unspecified atom stereocenters. The summed E-state index contributed by atoms with van der Waals surface area (Å²) in [6, 6.07) is 11.0. The van der Waals surface area contributed by atoms with Crippen LogP contribution in [0.1, 0.15) is 57.9 Å². The van der Waals surface area contributed by atoms with Gasteiger partial charge in [0.2, 0.25) is 0 Å². The number of nitrogens with one attached hydrogen (secondary N) is 2. The van der Waals surface area contributed by atoms with Crippen LogP contribution in [0.2, 0.25) is 0 Å². The third-order valence-corrected chi connectivity index (χ3v) is 6.30. The fourth-order valence-electron chi connectivity index (χ4n) is 4.53. The Labute approximate surface area is 193 Å². The van der Waals surface area contributed by atoms with Gasteiger partial charge in [0.25, 0.3) is 11.8 Å². The summed E-state index contributed by atoms with van der Waals surface area (Å²) in [5.41, 5.74) is 3.53. The number of hydrogen-bond donors (Lipinski definition) is 2. The summed E-state index contributed by atoms with van der Waals surface area (Å²) < 4.78 is 7.49. The number of carbonyl (C=O) groups excluding carboxylic acids is 2. The smallest absolute Gasteiger partial charge is 0.255 e. The van der Waals surface area contributed by atoms with Crippen LogP contribution in [0.4, 0.5) is 0 Å². The molecule has 4 rings (SSSR count). The molecule has 0 spiro atoms. The van der Waals surface area contributed by atoms with Gasteiger partial charge in [0.15, 0.2) is 0 Å². The highest BCUT2D eigenvalue weighted by Gasteiger charge is 2.32. The Hall–Kier alpha value is -3.39. The summed E-state index contributed by atoms with van der Waals surface area (Å²) in [5.74, 6) is 1.11. The van der Waals surface area contributed by atoms with Crippen molar-refractivity contribution in [3.63, 3.8) is 0 Å². The first-order valence-corrected chi connectivity index (χ1v) is 11.4. The summed E-state index contributed by atoms with van der Waals surface area (Å²) in [4.78, 5) is 32.9. The maximum atomic E-state index is 13.5. The number of hydrogen-bond acceptors (Lipinski definition) is 5. The molecule has 8 nitrogen and oxygen atoms in total. The normalized spacial score (nSPS) is 13.9. The molecule has 0 radical (unpaired) electrons. The van der Waals surface area contributed by atoms with Gasteiger partial charge in [0.1, 0.15) is 17.1 Å². The second kappa shape index (κ2) is 9.62. The lowest BCUT2D eigenvalue weighted by atomic mass is 10.0. The zero-order valence-electron chi connectivity index (χ0n) is 19.6. The van der Waals surface area contributed by atoms with Crippen LogP contribution in [0.15, 0.2) is 36.4 Å². The van der Waals surface area contributed by atoms with E-state index < -0.39 is 0 Å². The number of amides is 2. The molecule has 8 heteroatoms. The van der Waals surface area contributed by atoms with Gasteiger partial charge in [-0.2, -0.15) is 0 Å². The minimum Gasteiger partial charge on any atom is -0.494 e. The van der Waals surface area contributed by atoms with Crippen molar-refractivity contribution in [2.24, 2.45) is 7.05 Å². The summed E-state index contributed by atoms with van der Waals surface area (Å²) in [6.07, 6.45) is 1.56. The standard InChI is InChI=1S/C25H31N5O3/c1-5-30-15-16-9-6-10-17(21(16)25(30)32)24(31)27-18(11-8-14-26-2)23-28-22-19(29(23)3)12-7-13-20(22)33-4/h6-7,9-10,12-13,18,26H,5,8,11,14-15H2,1-4H3,(H,27,31). The van der Waals surface area contributed by atoms with E-state index in [9.17, 15) is 9.59 Å². The van der Waals surface area contributed by atoms with Crippen molar-refractivity contribution in [1.29, 1.82) is 0 Å². The van der Waals surface area contributed by atoms with E-state index in [0.29, 0.717) is 36.4 Å². The first-order chi connectivity index (χ1) is 16.0. The van der Waals surface area contributed by atoms with Gasteiger partial charge in [0.05, 0.1) is 29.8 Å².